The molecule has 0 radical (unpaired) electrons. The number of hydrogen-bond acceptors (Lipinski definition) is 5. The number of thioether (sulfide) groups is 1. The van der Waals surface area contributed by atoms with Crippen LogP contribution >= 0.6 is 11.8 Å². The van der Waals surface area contributed by atoms with Gasteiger partial charge in [-0.05, 0) is 19.1 Å². The molecule has 1 aliphatic heterocycles. The van der Waals surface area contributed by atoms with Crippen LogP contribution in [0.3, 0.4) is 0 Å². The molecule has 116 valence electrons. The van der Waals surface area contributed by atoms with Gasteiger partial charge in [0.1, 0.15) is 11.0 Å². The molecule has 2 aromatic heterocycles. The minimum atomic E-state index is -0.141. The molecule has 7 heteroatoms. The second-order valence-corrected chi connectivity index (χ2v) is 5.51. The first-order chi connectivity index (χ1) is 10.2. The van der Waals surface area contributed by atoms with E-state index in [0.717, 1.165) is 23.9 Å². The molecule has 2 atom stereocenters. The monoisotopic (exact) mass is 310 g/mol. The van der Waals surface area contributed by atoms with Crippen molar-refractivity contribution in [3.63, 3.8) is 0 Å². The van der Waals surface area contributed by atoms with Gasteiger partial charge in [0, 0.05) is 23.8 Å². The molecule has 3 rings (SSSR count). The molecular formula is C14H22N4O2S. The molecular weight excluding hydrogens is 288 g/mol. The number of rotatable bonds is 3. The van der Waals surface area contributed by atoms with Crippen LogP contribution in [0.1, 0.15) is 38.3 Å². The Morgan fingerprint density at radius 1 is 1.43 bits per heavy atom. The van der Waals surface area contributed by atoms with Crippen LogP contribution in [-0.2, 0) is 0 Å². The Hall–Kier alpha value is -1.31. The lowest BCUT2D eigenvalue weighted by Gasteiger charge is -2.11. The molecule has 0 spiro atoms. The highest BCUT2D eigenvalue weighted by molar-refractivity contribution is 7.98. The molecule has 21 heavy (non-hydrogen) atoms. The number of H-pyrrole nitrogens is 2. The predicted octanol–water partition coefficient (Wildman–Crippen LogP) is 1.78. The Kier molecular flexibility index (Phi) is 5.44. The Bertz CT molecular complexity index is 652. The van der Waals surface area contributed by atoms with Crippen LogP contribution in [0.2, 0.25) is 0 Å². The van der Waals surface area contributed by atoms with Gasteiger partial charge < -0.3 is 15.4 Å². The molecule has 0 aliphatic carbocycles. The zero-order chi connectivity index (χ0) is 15.4. The first kappa shape index (κ1) is 16.1. The van der Waals surface area contributed by atoms with E-state index in [2.05, 4.69) is 20.3 Å². The number of hydrogen-bond donors (Lipinski definition) is 4. The largest absolute Gasteiger partial charge is 0.395 e. The van der Waals surface area contributed by atoms with Crippen molar-refractivity contribution in [2.45, 2.75) is 43.9 Å². The highest BCUT2D eigenvalue weighted by atomic mass is 32.2. The molecule has 4 N–H and O–H groups in total. The van der Waals surface area contributed by atoms with E-state index in [4.69, 9.17) is 0 Å². The number of aromatic nitrogens is 3. The van der Waals surface area contributed by atoms with Gasteiger partial charge in [0.25, 0.3) is 5.56 Å². The van der Waals surface area contributed by atoms with Gasteiger partial charge in [-0.1, -0.05) is 25.6 Å². The van der Waals surface area contributed by atoms with E-state index in [1.807, 2.05) is 26.3 Å². The summed E-state index contributed by atoms with van der Waals surface area (Å²) in [6.45, 7) is 4.14. The van der Waals surface area contributed by atoms with Crippen molar-refractivity contribution in [2.24, 2.45) is 0 Å². The molecule has 0 saturated carbocycles. The van der Waals surface area contributed by atoms with Crippen LogP contribution in [0.25, 0.3) is 11.0 Å². The maximum Gasteiger partial charge on any atom is 0.275 e. The number of nitrogens with one attached hydrogen (secondary N) is 3. The SMILES string of the molecule is CC.CSc1nc2c(C3CCC(CO)N3)c[nH]c2c(=O)[nH]1. The van der Waals surface area contributed by atoms with Crippen LogP contribution in [0.5, 0.6) is 0 Å². The van der Waals surface area contributed by atoms with Crippen LogP contribution in [0.4, 0.5) is 0 Å². The second kappa shape index (κ2) is 7.11. The third kappa shape index (κ3) is 3.14. The van der Waals surface area contributed by atoms with Crippen molar-refractivity contribution in [1.29, 1.82) is 0 Å². The second-order valence-electron chi connectivity index (χ2n) is 4.72. The summed E-state index contributed by atoms with van der Waals surface area (Å²) >= 11 is 1.42. The fraction of sp³-hybridized carbons (Fsp3) is 0.571. The lowest BCUT2D eigenvalue weighted by molar-refractivity contribution is 0.252. The Morgan fingerprint density at radius 2 is 2.19 bits per heavy atom. The summed E-state index contributed by atoms with van der Waals surface area (Å²) in [6.07, 6.45) is 5.61. The number of aromatic amines is 2. The van der Waals surface area contributed by atoms with Gasteiger partial charge in [0.05, 0.1) is 6.61 Å². The zero-order valence-corrected chi connectivity index (χ0v) is 13.4. The maximum atomic E-state index is 11.9. The van der Waals surface area contributed by atoms with Crippen molar-refractivity contribution in [2.75, 3.05) is 12.9 Å². The molecule has 1 saturated heterocycles. The summed E-state index contributed by atoms with van der Waals surface area (Å²) < 4.78 is 0. The van der Waals surface area contributed by atoms with Crippen LogP contribution in [0, 0.1) is 0 Å². The van der Waals surface area contributed by atoms with Gasteiger partial charge in [-0.2, -0.15) is 0 Å². The Morgan fingerprint density at radius 3 is 2.81 bits per heavy atom. The standard InChI is InChI=1S/C12H16N4O2S.C2H6/c1-19-12-15-9-7(4-13-10(9)11(18)16-12)8-3-2-6(5-17)14-8;1-2/h4,6,8,13-14,17H,2-3,5H2,1H3,(H,15,16,18);1-2H3. The maximum absolute atomic E-state index is 11.9. The molecule has 2 aromatic rings. The van der Waals surface area contributed by atoms with Crippen LogP contribution in [-0.4, -0.2) is 39.0 Å². The third-order valence-corrected chi connectivity index (χ3v) is 4.15. The fourth-order valence-corrected chi connectivity index (χ4v) is 2.96. The predicted molar refractivity (Wildman–Crippen MR) is 85.8 cm³/mol. The molecule has 6 nitrogen and oxygen atoms in total. The van der Waals surface area contributed by atoms with Crippen LogP contribution in [0.15, 0.2) is 16.1 Å². The van der Waals surface area contributed by atoms with Gasteiger partial charge in [0.2, 0.25) is 0 Å². The highest BCUT2D eigenvalue weighted by Crippen LogP contribution is 2.30. The smallest absolute Gasteiger partial charge is 0.275 e. The van der Waals surface area contributed by atoms with E-state index in [1.165, 1.54) is 11.8 Å². The van der Waals surface area contributed by atoms with Crippen molar-refractivity contribution in [1.82, 2.24) is 20.3 Å². The van der Waals surface area contributed by atoms with Crippen molar-refractivity contribution >= 4 is 22.8 Å². The number of fused-ring (bicyclic) bond motifs is 1. The quantitative estimate of drug-likeness (QED) is 0.512. The summed E-state index contributed by atoms with van der Waals surface area (Å²) in [6, 6.07) is 0.284. The van der Waals surface area contributed by atoms with E-state index in [-0.39, 0.29) is 24.2 Å². The van der Waals surface area contributed by atoms with E-state index in [0.29, 0.717) is 10.7 Å². The van der Waals surface area contributed by atoms with Crippen molar-refractivity contribution in [3.8, 4) is 0 Å². The van der Waals surface area contributed by atoms with Gasteiger partial charge in [-0.15, -0.1) is 0 Å². The molecule has 1 aliphatic rings. The molecule has 0 amide bonds. The zero-order valence-electron chi connectivity index (χ0n) is 12.6. The normalized spacial score (nSPS) is 21.3. The van der Waals surface area contributed by atoms with Gasteiger partial charge in [-0.25, -0.2) is 4.98 Å². The van der Waals surface area contributed by atoms with Crippen molar-refractivity contribution < 1.29 is 5.11 Å². The number of nitrogens with zero attached hydrogens (tertiary/aromatic N) is 1. The van der Waals surface area contributed by atoms with E-state index >= 15 is 0 Å². The average molecular weight is 310 g/mol. The lowest BCUT2D eigenvalue weighted by Crippen LogP contribution is -2.27. The molecule has 3 heterocycles. The highest BCUT2D eigenvalue weighted by Gasteiger charge is 2.27. The van der Waals surface area contributed by atoms with E-state index in [9.17, 15) is 9.90 Å². The fourth-order valence-electron chi connectivity index (χ4n) is 2.58. The molecule has 0 bridgehead atoms. The summed E-state index contributed by atoms with van der Waals surface area (Å²) in [5, 5.41) is 13.2. The number of aliphatic hydroxyl groups excluding tert-OH is 1. The number of aliphatic hydroxyl groups is 1. The van der Waals surface area contributed by atoms with Crippen LogP contribution < -0.4 is 10.9 Å². The molecule has 1 fully saturated rings. The van der Waals surface area contributed by atoms with Gasteiger partial charge >= 0.3 is 0 Å². The van der Waals surface area contributed by atoms with E-state index in [1.54, 1.807) is 0 Å². The lowest BCUT2D eigenvalue weighted by atomic mass is 10.1. The summed E-state index contributed by atoms with van der Waals surface area (Å²) in [4.78, 5) is 22.1. The minimum Gasteiger partial charge on any atom is -0.395 e. The summed E-state index contributed by atoms with van der Waals surface area (Å²) in [5.74, 6) is 0. The van der Waals surface area contributed by atoms with Crippen molar-refractivity contribution in [3.05, 3.63) is 22.1 Å². The van der Waals surface area contributed by atoms with Gasteiger partial charge in [-0.3, -0.25) is 9.78 Å². The topological polar surface area (TPSA) is 93.8 Å². The first-order valence-electron chi connectivity index (χ1n) is 7.25. The third-order valence-electron chi connectivity index (χ3n) is 3.57. The average Bonchev–Trinajstić information content (AvgIpc) is 3.15. The minimum absolute atomic E-state index is 0.136. The van der Waals surface area contributed by atoms with E-state index < -0.39 is 0 Å². The first-order valence-corrected chi connectivity index (χ1v) is 8.47. The summed E-state index contributed by atoms with van der Waals surface area (Å²) in [7, 11) is 0. The molecule has 2 unspecified atom stereocenters. The summed E-state index contributed by atoms with van der Waals surface area (Å²) in [5.41, 5.74) is 2.11. The Balaban J connectivity index is 0.000000774. The molecule has 0 aromatic carbocycles. The Labute approximate surface area is 127 Å². The van der Waals surface area contributed by atoms with Gasteiger partial charge in [0.15, 0.2) is 5.16 Å².